The molecule has 1 N–H and O–H groups in total. The molecule has 0 bridgehead atoms. The Morgan fingerprint density at radius 2 is 2.00 bits per heavy atom. The number of nitrogens with zero attached hydrogens (tertiary/aromatic N) is 1. The number of hydrogen-bond donors (Lipinski definition) is 1. The van der Waals surface area contributed by atoms with E-state index in [4.69, 9.17) is 9.84 Å². The topological polar surface area (TPSA) is 41.8 Å². The number of aliphatic hydroxyl groups is 1. The van der Waals surface area contributed by atoms with Gasteiger partial charge in [0.15, 0.2) is 0 Å². The maximum Gasteiger partial charge on any atom is 0.135 e. The maximum absolute atomic E-state index is 13.9. The molecule has 0 unspecified atom stereocenters. The molecule has 0 aliphatic rings. The van der Waals surface area contributed by atoms with Crippen molar-refractivity contribution in [2.24, 2.45) is 4.99 Å². The van der Waals surface area contributed by atoms with Crippen LogP contribution in [0, 0.1) is 11.6 Å². The van der Waals surface area contributed by atoms with Crippen molar-refractivity contribution in [3.8, 4) is 5.75 Å². The van der Waals surface area contributed by atoms with E-state index in [0.29, 0.717) is 11.3 Å². The van der Waals surface area contributed by atoms with Crippen molar-refractivity contribution in [2.75, 3.05) is 13.8 Å². The summed E-state index contributed by atoms with van der Waals surface area (Å²) in [5.74, 6) is -0.823. The first-order valence-corrected chi connectivity index (χ1v) is 5.91. The normalized spacial score (nSPS) is 11.5. The molecule has 2 aromatic rings. The van der Waals surface area contributed by atoms with Crippen molar-refractivity contribution in [2.45, 2.75) is 0 Å². The van der Waals surface area contributed by atoms with E-state index in [1.165, 1.54) is 13.2 Å². The first kappa shape index (κ1) is 14.1. The molecule has 0 radical (unpaired) electrons. The lowest BCUT2D eigenvalue weighted by Crippen LogP contribution is -2.08. The molecular formula is C15H13F2NO2. The summed E-state index contributed by atoms with van der Waals surface area (Å²) in [5.41, 5.74) is 0.932. The standard InChI is InChI=1S/C15H13F2NO2/c1-20-12-4-2-3-10(7-12)15(18-9-19)13-6-5-11(16)8-14(13)17/h2-8,19H,9H2,1H3/b18-15+. The summed E-state index contributed by atoms with van der Waals surface area (Å²) in [7, 11) is 1.51. The van der Waals surface area contributed by atoms with Crippen LogP contribution >= 0.6 is 0 Å². The summed E-state index contributed by atoms with van der Waals surface area (Å²) in [6.07, 6.45) is 0. The molecular weight excluding hydrogens is 264 g/mol. The van der Waals surface area contributed by atoms with E-state index in [2.05, 4.69) is 4.99 Å². The zero-order valence-corrected chi connectivity index (χ0v) is 10.8. The number of halogens is 2. The monoisotopic (exact) mass is 277 g/mol. The largest absolute Gasteiger partial charge is 0.497 e. The van der Waals surface area contributed by atoms with Crippen LogP contribution in [0.15, 0.2) is 47.5 Å². The van der Waals surface area contributed by atoms with Crippen LogP contribution in [0.1, 0.15) is 11.1 Å². The summed E-state index contributed by atoms with van der Waals surface area (Å²) in [4.78, 5) is 3.88. The molecule has 3 nitrogen and oxygen atoms in total. The van der Waals surface area contributed by atoms with E-state index in [9.17, 15) is 8.78 Å². The third-order valence-electron chi connectivity index (χ3n) is 2.76. The minimum atomic E-state index is -0.736. The number of benzene rings is 2. The highest BCUT2D eigenvalue weighted by Crippen LogP contribution is 2.19. The third-order valence-corrected chi connectivity index (χ3v) is 2.76. The fourth-order valence-electron chi connectivity index (χ4n) is 1.85. The van der Waals surface area contributed by atoms with Crippen molar-refractivity contribution in [3.05, 3.63) is 65.2 Å². The second kappa shape index (κ2) is 6.25. The van der Waals surface area contributed by atoms with Crippen LogP contribution in [0.3, 0.4) is 0 Å². The Hall–Kier alpha value is -2.27. The lowest BCUT2D eigenvalue weighted by atomic mass is 10.0. The smallest absolute Gasteiger partial charge is 0.135 e. The molecule has 0 fully saturated rings. The number of aliphatic hydroxyl groups excluding tert-OH is 1. The summed E-state index contributed by atoms with van der Waals surface area (Å²) in [6, 6.07) is 10.0. The summed E-state index contributed by atoms with van der Waals surface area (Å²) >= 11 is 0. The number of aliphatic imine (C=N–C) groups is 1. The van der Waals surface area contributed by atoms with E-state index < -0.39 is 18.4 Å². The van der Waals surface area contributed by atoms with Gasteiger partial charge in [-0.15, -0.1) is 0 Å². The van der Waals surface area contributed by atoms with Crippen LogP contribution in [0.25, 0.3) is 0 Å². The first-order chi connectivity index (χ1) is 9.65. The maximum atomic E-state index is 13.9. The van der Waals surface area contributed by atoms with Crippen LogP contribution in [0.5, 0.6) is 5.75 Å². The zero-order valence-electron chi connectivity index (χ0n) is 10.8. The summed E-state index contributed by atoms with van der Waals surface area (Å²) in [5, 5.41) is 9.02. The number of methoxy groups -OCH3 is 1. The lowest BCUT2D eigenvalue weighted by Gasteiger charge is -2.09. The highest BCUT2D eigenvalue weighted by Gasteiger charge is 2.13. The van der Waals surface area contributed by atoms with Gasteiger partial charge in [-0.25, -0.2) is 8.78 Å². The van der Waals surface area contributed by atoms with Crippen LogP contribution in [-0.2, 0) is 0 Å². The number of rotatable bonds is 4. The average molecular weight is 277 g/mol. The van der Waals surface area contributed by atoms with Gasteiger partial charge in [-0.3, -0.25) is 4.99 Å². The van der Waals surface area contributed by atoms with Gasteiger partial charge < -0.3 is 9.84 Å². The zero-order chi connectivity index (χ0) is 14.5. The van der Waals surface area contributed by atoms with E-state index >= 15 is 0 Å². The van der Waals surface area contributed by atoms with E-state index in [1.54, 1.807) is 24.3 Å². The van der Waals surface area contributed by atoms with Gasteiger partial charge in [0, 0.05) is 17.2 Å². The number of hydrogen-bond acceptors (Lipinski definition) is 3. The van der Waals surface area contributed by atoms with Gasteiger partial charge in [0.25, 0.3) is 0 Å². The Bertz CT molecular complexity index is 642. The molecule has 5 heteroatoms. The van der Waals surface area contributed by atoms with E-state index in [-0.39, 0.29) is 11.3 Å². The van der Waals surface area contributed by atoms with Crippen LogP contribution in [-0.4, -0.2) is 24.7 Å². The number of ether oxygens (including phenoxy) is 1. The molecule has 0 saturated heterocycles. The summed E-state index contributed by atoms with van der Waals surface area (Å²) < 4.78 is 31.9. The Morgan fingerprint density at radius 3 is 2.65 bits per heavy atom. The molecule has 2 aromatic carbocycles. The Morgan fingerprint density at radius 1 is 1.20 bits per heavy atom. The molecule has 2 rings (SSSR count). The molecule has 0 heterocycles. The minimum absolute atomic E-state index is 0.119. The van der Waals surface area contributed by atoms with Crippen molar-refractivity contribution < 1.29 is 18.6 Å². The van der Waals surface area contributed by atoms with Crippen LogP contribution < -0.4 is 4.74 Å². The fraction of sp³-hybridized carbons (Fsp3) is 0.133. The Labute approximate surface area is 115 Å². The Kier molecular flexibility index (Phi) is 4.42. The second-order valence-electron chi connectivity index (χ2n) is 4.00. The predicted octanol–water partition coefficient (Wildman–Crippen LogP) is 2.76. The van der Waals surface area contributed by atoms with Crippen LogP contribution in [0.4, 0.5) is 8.78 Å². The molecule has 0 saturated carbocycles. The first-order valence-electron chi connectivity index (χ1n) is 5.91. The molecule has 0 atom stereocenters. The minimum Gasteiger partial charge on any atom is -0.497 e. The SMILES string of the molecule is COc1cccc(/C(=N\CO)c2ccc(F)cc2F)c1. The van der Waals surface area contributed by atoms with Gasteiger partial charge >= 0.3 is 0 Å². The third kappa shape index (κ3) is 3.00. The molecule has 0 amide bonds. The van der Waals surface area contributed by atoms with Gasteiger partial charge in [0.05, 0.1) is 12.8 Å². The molecule has 0 spiro atoms. The van der Waals surface area contributed by atoms with Crippen molar-refractivity contribution in [1.29, 1.82) is 0 Å². The highest BCUT2D eigenvalue weighted by molar-refractivity contribution is 6.13. The van der Waals surface area contributed by atoms with Crippen molar-refractivity contribution >= 4 is 5.71 Å². The average Bonchev–Trinajstić information content (AvgIpc) is 2.45. The van der Waals surface area contributed by atoms with Gasteiger partial charge in [0.2, 0.25) is 0 Å². The van der Waals surface area contributed by atoms with E-state index in [1.807, 2.05) is 0 Å². The van der Waals surface area contributed by atoms with Gasteiger partial charge in [-0.1, -0.05) is 12.1 Å². The van der Waals surface area contributed by atoms with Crippen molar-refractivity contribution in [3.63, 3.8) is 0 Å². The predicted molar refractivity (Wildman–Crippen MR) is 72.1 cm³/mol. The van der Waals surface area contributed by atoms with Crippen LogP contribution in [0.2, 0.25) is 0 Å². The van der Waals surface area contributed by atoms with Crippen molar-refractivity contribution in [1.82, 2.24) is 0 Å². The second-order valence-corrected chi connectivity index (χ2v) is 4.00. The molecule has 0 aliphatic heterocycles. The fourth-order valence-corrected chi connectivity index (χ4v) is 1.85. The molecule has 0 aromatic heterocycles. The van der Waals surface area contributed by atoms with Gasteiger partial charge in [-0.05, 0) is 24.3 Å². The van der Waals surface area contributed by atoms with Gasteiger partial charge in [0.1, 0.15) is 24.1 Å². The van der Waals surface area contributed by atoms with E-state index in [0.717, 1.165) is 12.1 Å². The molecule has 0 aliphatic carbocycles. The summed E-state index contributed by atoms with van der Waals surface area (Å²) in [6.45, 7) is -0.497. The van der Waals surface area contributed by atoms with Gasteiger partial charge in [-0.2, -0.15) is 0 Å². The lowest BCUT2D eigenvalue weighted by molar-refractivity contribution is 0.309. The quantitative estimate of drug-likeness (QED) is 0.873. The Balaban J connectivity index is 2.53. The highest BCUT2D eigenvalue weighted by atomic mass is 19.1. The molecule has 20 heavy (non-hydrogen) atoms. The molecule has 104 valence electrons.